The molecule has 0 radical (unpaired) electrons. The highest BCUT2D eigenvalue weighted by Crippen LogP contribution is 2.30. The Hall–Kier alpha value is -1.06. The van der Waals surface area contributed by atoms with Crippen LogP contribution in [0.5, 0.6) is 0 Å². The lowest BCUT2D eigenvalue weighted by Gasteiger charge is -2.34. The molecule has 2 amide bonds. The van der Waals surface area contributed by atoms with E-state index in [4.69, 9.17) is 0 Å². The number of hydrogen-bond acceptors (Lipinski definition) is 2. The van der Waals surface area contributed by atoms with Gasteiger partial charge in [0.15, 0.2) is 0 Å². The van der Waals surface area contributed by atoms with Gasteiger partial charge < -0.3 is 10.2 Å². The Bertz CT molecular complexity index is 343. The summed E-state index contributed by atoms with van der Waals surface area (Å²) in [6, 6.07) is -0.300. The minimum Gasteiger partial charge on any atom is -0.343 e. The summed E-state index contributed by atoms with van der Waals surface area (Å²) in [5, 5.41) is 2.76. The monoisotopic (exact) mass is 266 g/mol. The van der Waals surface area contributed by atoms with E-state index in [1.807, 2.05) is 6.92 Å². The molecule has 2 aliphatic rings. The lowest BCUT2D eigenvalue weighted by molar-refractivity contribution is -0.144. The zero-order valence-electron chi connectivity index (χ0n) is 12.2. The summed E-state index contributed by atoms with van der Waals surface area (Å²) < 4.78 is 0. The maximum Gasteiger partial charge on any atom is 0.245 e. The molecule has 1 saturated heterocycles. The van der Waals surface area contributed by atoms with E-state index in [-0.39, 0.29) is 24.4 Å². The minimum absolute atomic E-state index is 0.0107. The molecule has 1 saturated carbocycles. The summed E-state index contributed by atoms with van der Waals surface area (Å²) in [7, 11) is 0. The first-order valence-electron chi connectivity index (χ1n) is 7.68. The van der Waals surface area contributed by atoms with Gasteiger partial charge in [-0.2, -0.15) is 0 Å². The Balaban J connectivity index is 1.83. The van der Waals surface area contributed by atoms with Crippen LogP contribution in [0.15, 0.2) is 0 Å². The van der Waals surface area contributed by atoms with E-state index in [1.54, 1.807) is 4.90 Å². The number of amides is 2. The highest BCUT2D eigenvalue weighted by Gasteiger charge is 2.31. The molecule has 19 heavy (non-hydrogen) atoms. The standard InChI is InChI=1S/C15H26N2O2/c1-3-13-15(19)17(10-14(18)16-13)8-7-12-6-4-5-11(2)9-12/h11-13H,3-10H2,1-2H3,(H,16,18). The Morgan fingerprint density at radius 2 is 2.11 bits per heavy atom. The number of rotatable bonds is 4. The van der Waals surface area contributed by atoms with E-state index < -0.39 is 0 Å². The van der Waals surface area contributed by atoms with Gasteiger partial charge in [0.25, 0.3) is 0 Å². The van der Waals surface area contributed by atoms with Crippen LogP contribution in [0.4, 0.5) is 0 Å². The first kappa shape index (κ1) is 14.4. The van der Waals surface area contributed by atoms with Crippen LogP contribution < -0.4 is 5.32 Å². The molecular weight excluding hydrogens is 240 g/mol. The number of carbonyl (C=O) groups is 2. The van der Waals surface area contributed by atoms with Gasteiger partial charge in [-0.3, -0.25) is 9.59 Å². The van der Waals surface area contributed by atoms with E-state index in [9.17, 15) is 9.59 Å². The Morgan fingerprint density at radius 1 is 1.32 bits per heavy atom. The zero-order chi connectivity index (χ0) is 13.8. The number of carbonyl (C=O) groups excluding carboxylic acids is 2. The second-order valence-electron chi connectivity index (χ2n) is 6.21. The molecular formula is C15H26N2O2. The molecule has 0 bridgehead atoms. The lowest BCUT2D eigenvalue weighted by atomic mass is 9.81. The maximum atomic E-state index is 12.2. The molecule has 0 aromatic rings. The van der Waals surface area contributed by atoms with Crippen LogP contribution in [-0.4, -0.2) is 35.8 Å². The van der Waals surface area contributed by atoms with Crippen molar-refractivity contribution in [1.82, 2.24) is 10.2 Å². The molecule has 1 aliphatic carbocycles. The van der Waals surface area contributed by atoms with E-state index in [1.165, 1.54) is 25.7 Å². The van der Waals surface area contributed by atoms with Crippen molar-refractivity contribution < 1.29 is 9.59 Å². The second kappa shape index (κ2) is 6.40. The van der Waals surface area contributed by atoms with E-state index >= 15 is 0 Å². The van der Waals surface area contributed by atoms with Crippen LogP contribution in [0.2, 0.25) is 0 Å². The van der Waals surface area contributed by atoms with E-state index in [0.29, 0.717) is 6.42 Å². The molecule has 0 spiro atoms. The number of piperazine rings is 1. The predicted octanol–water partition coefficient (Wildman–Crippen LogP) is 1.94. The topological polar surface area (TPSA) is 49.4 Å². The third kappa shape index (κ3) is 3.71. The molecule has 108 valence electrons. The fraction of sp³-hybridized carbons (Fsp3) is 0.867. The molecule has 4 heteroatoms. The average Bonchev–Trinajstić information content (AvgIpc) is 2.39. The third-order valence-electron chi connectivity index (χ3n) is 4.54. The van der Waals surface area contributed by atoms with Gasteiger partial charge >= 0.3 is 0 Å². The van der Waals surface area contributed by atoms with Gasteiger partial charge in [-0.15, -0.1) is 0 Å². The van der Waals surface area contributed by atoms with Crippen LogP contribution in [0.25, 0.3) is 0 Å². The molecule has 0 aromatic heterocycles. The quantitative estimate of drug-likeness (QED) is 0.845. The Labute approximate surface area is 115 Å². The van der Waals surface area contributed by atoms with Gasteiger partial charge in [-0.1, -0.05) is 33.1 Å². The predicted molar refractivity (Wildman–Crippen MR) is 74.5 cm³/mol. The zero-order valence-corrected chi connectivity index (χ0v) is 12.2. The fourth-order valence-corrected chi connectivity index (χ4v) is 3.40. The van der Waals surface area contributed by atoms with Crippen molar-refractivity contribution in [2.45, 2.75) is 58.4 Å². The van der Waals surface area contributed by atoms with Gasteiger partial charge in [0.05, 0.1) is 6.54 Å². The highest BCUT2D eigenvalue weighted by atomic mass is 16.2. The Morgan fingerprint density at radius 3 is 2.79 bits per heavy atom. The van der Waals surface area contributed by atoms with Crippen LogP contribution in [0.1, 0.15) is 52.4 Å². The van der Waals surface area contributed by atoms with Crippen LogP contribution >= 0.6 is 0 Å². The molecule has 1 aliphatic heterocycles. The highest BCUT2D eigenvalue weighted by molar-refractivity contribution is 5.94. The summed E-state index contributed by atoms with van der Waals surface area (Å²) in [6.45, 7) is 5.26. The van der Waals surface area contributed by atoms with Crippen LogP contribution in [0, 0.1) is 11.8 Å². The van der Waals surface area contributed by atoms with Gasteiger partial charge in [-0.25, -0.2) is 0 Å². The SMILES string of the molecule is CCC1NC(=O)CN(CCC2CCCC(C)C2)C1=O. The lowest BCUT2D eigenvalue weighted by Crippen LogP contribution is -2.57. The molecule has 1 heterocycles. The fourth-order valence-electron chi connectivity index (χ4n) is 3.40. The summed E-state index contributed by atoms with van der Waals surface area (Å²) in [4.78, 5) is 25.5. The van der Waals surface area contributed by atoms with Gasteiger partial charge in [0, 0.05) is 6.54 Å². The molecule has 3 unspecified atom stereocenters. The van der Waals surface area contributed by atoms with Crippen LogP contribution in [0.3, 0.4) is 0 Å². The van der Waals surface area contributed by atoms with Crippen molar-refractivity contribution in [2.24, 2.45) is 11.8 Å². The maximum absolute atomic E-state index is 12.2. The summed E-state index contributed by atoms with van der Waals surface area (Å²) in [6.07, 6.45) is 6.97. The van der Waals surface area contributed by atoms with Gasteiger partial charge in [-0.05, 0) is 31.1 Å². The summed E-state index contributed by atoms with van der Waals surface area (Å²) in [5.74, 6) is 1.65. The minimum atomic E-state index is -0.300. The third-order valence-corrected chi connectivity index (χ3v) is 4.54. The number of nitrogens with one attached hydrogen (secondary N) is 1. The first-order chi connectivity index (χ1) is 9.10. The summed E-state index contributed by atoms with van der Waals surface area (Å²) >= 11 is 0. The second-order valence-corrected chi connectivity index (χ2v) is 6.21. The molecule has 4 nitrogen and oxygen atoms in total. The molecule has 0 aromatic carbocycles. The van der Waals surface area contributed by atoms with Crippen molar-refractivity contribution in [3.63, 3.8) is 0 Å². The molecule has 2 rings (SSSR count). The summed E-state index contributed by atoms with van der Waals surface area (Å²) in [5.41, 5.74) is 0. The Kier molecular flexibility index (Phi) is 4.83. The number of hydrogen-bond donors (Lipinski definition) is 1. The van der Waals surface area contributed by atoms with Gasteiger partial charge in [0.1, 0.15) is 6.04 Å². The van der Waals surface area contributed by atoms with E-state index in [0.717, 1.165) is 24.8 Å². The van der Waals surface area contributed by atoms with Crippen molar-refractivity contribution in [1.29, 1.82) is 0 Å². The van der Waals surface area contributed by atoms with Crippen molar-refractivity contribution >= 4 is 11.8 Å². The number of nitrogens with zero attached hydrogens (tertiary/aromatic N) is 1. The largest absolute Gasteiger partial charge is 0.343 e. The van der Waals surface area contributed by atoms with Crippen molar-refractivity contribution in [2.75, 3.05) is 13.1 Å². The molecule has 2 fully saturated rings. The van der Waals surface area contributed by atoms with Crippen LogP contribution in [-0.2, 0) is 9.59 Å². The molecule has 3 atom stereocenters. The normalized spacial score (nSPS) is 32.3. The smallest absolute Gasteiger partial charge is 0.245 e. The van der Waals surface area contributed by atoms with Gasteiger partial charge in [0.2, 0.25) is 11.8 Å². The first-order valence-corrected chi connectivity index (χ1v) is 7.68. The molecule has 1 N–H and O–H groups in total. The van der Waals surface area contributed by atoms with Crippen molar-refractivity contribution in [3.05, 3.63) is 0 Å². The van der Waals surface area contributed by atoms with E-state index in [2.05, 4.69) is 12.2 Å². The average molecular weight is 266 g/mol. The van der Waals surface area contributed by atoms with Crippen molar-refractivity contribution in [3.8, 4) is 0 Å².